The Morgan fingerprint density at radius 3 is 2.58 bits per heavy atom. The number of piperazine rings is 1. The summed E-state index contributed by atoms with van der Waals surface area (Å²) >= 11 is 0. The van der Waals surface area contributed by atoms with Crippen molar-refractivity contribution in [2.45, 2.75) is 6.92 Å². The van der Waals surface area contributed by atoms with Gasteiger partial charge in [-0.2, -0.15) is 0 Å². The molecule has 138 valence electrons. The molecule has 1 aromatic heterocycles. The van der Waals surface area contributed by atoms with Gasteiger partial charge in [-0.05, 0) is 19.1 Å². The zero-order chi connectivity index (χ0) is 18.5. The molecule has 2 aromatic rings. The van der Waals surface area contributed by atoms with Crippen molar-refractivity contribution in [3.05, 3.63) is 46.4 Å². The van der Waals surface area contributed by atoms with Crippen LogP contribution in [0.1, 0.15) is 17.3 Å². The number of hydrogen-bond acceptors (Lipinski definition) is 6. The highest BCUT2D eigenvalue weighted by atomic mass is 16.5. The second-order valence-electron chi connectivity index (χ2n) is 5.96. The molecule has 0 atom stereocenters. The van der Waals surface area contributed by atoms with E-state index >= 15 is 0 Å². The van der Waals surface area contributed by atoms with E-state index in [2.05, 4.69) is 20.2 Å². The summed E-state index contributed by atoms with van der Waals surface area (Å²) in [5.41, 5.74) is 0.666. The zero-order valence-electron chi connectivity index (χ0n) is 15.0. The highest BCUT2D eigenvalue weighted by molar-refractivity contribution is 5.93. The van der Waals surface area contributed by atoms with Gasteiger partial charge in [0, 0.05) is 38.9 Å². The van der Waals surface area contributed by atoms with Crippen molar-refractivity contribution in [1.82, 2.24) is 15.3 Å². The molecule has 3 rings (SSSR count). The Labute approximate surface area is 151 Å². The first-order valence-corrected chi connectivity index (χ1v) is 8.64. The number of ether oxygens (including phenoxy) is 1. The summed E-state index contributed by atoms with van der Waals surface area (Å²) in [7, 11) is 1.67. The summed E-state index contributed by atoms with van der Waals surface area (Å²) in [6, 6.07) is 7.92. The summed E-state index contributed by atoms with van der Waals surface area (Å²) in [5.74, 6) is 0.926. The van der Waals surface area contributed by atoms with E-state index in [1.165, 1.54) is 6.20 Å². The minimum atomic E-state index is -0.423. The summed E-state index contributed by atoms with van der Waals surface area (Å²) in [4.78, 5) is 35.2. The van der Waals surface area contributed by atoms with E-state index in [0.717, 1.165) is 24.5 Å². The third-order valence-corrected chi connectivity index (χ3v) is 4.37. The van der Waals surface area contributed by atoms with Crippen LogP contribution in [0.2, 0.25) is 0 Å². The summed E-state index contributed by atoms with van der Waals surface area (Å²) < 4.78 is 5.43. The third kappa shape index (κ3) is 3.63. The molecule has 0 unspecified atom stereocenters. The molecular formula is C18H23N5O3. The van der Waals surface area contributed by atoms with E-state index in [1.807, 2.05) is 29.2 Å². The standard InChI is InChI=1S/C18H23N5O3/c1-3-19-16(24)13-12-20-18(21-17(13)25)23-10-8-22(9-11-23)14-6-4-5-7-15(14)26-2/h4-7,12H,3,8-11H2,1-2H3,(H,19,24)(H,20,21,25). The minimum Gasteiger partial charge on any atom is -0.495 e. The third-order valence-electron chi connectivity index (χ3n) is 4.37. The van der Waals surface area contributed by atoms with Gasteiger partial charge in [-0.15, -0.1) is 0 Å². The second kappa shape index (κ2) is 7.90. The van der Waals surface area contributed by atoms with Gasteiger partial charge in [-0.1, -0.05) is 12.1 Å². The molecule has 2 heterocycles. The van der Waals surface area contributed by atoms with Gasteiger partial charge >= 0.3 is 0 Å². The number of para-hydroxylation sites is 2. The molecular weight excluding hydrogens is 334 g/mol. The van der Waals surface area contributed by atoms with Gasteiger partial charge in [0.2, 0.25) is 5.95 Å². The van der Waals surface area contributed by atoms with Gasteiger partial charge in [-0.25, -0.2) is 4.98 Å². The molecule has 0 bridgehead atoms. The van der Waals surface area contributed by atoms with E-state index in [0.29, 0.717) is 25.6 Å². The van der Waals surface area contributed by atoms with Crippen LogP contribution in [0.4, 0.5) is 11.6 Å². The molecule has 1 aromatic carbocycles. The smallest absolute Gasteiger partial charge is 0.265 e. The Kier molecular flexibility index (Phi) is 5.40. The monoisotopic (exact) mass is 357 g/mol. The number of carbonyl (C=O) groups is 1. The van der Waals surface area contributed by atoms with E-state index in [1.54, 1.807) is 14.0 Å². The van der Waals surface area contributed by atoms with Gasteiger partial charge in [0.1, 0.15) is 11.3 Å². The number of aromatic nitrogens is 2. The summed E-state index contributed by atoms with van der Waals surface area (Å²) in [6.45, 7) is 5.24. The number of aromatic amines is 1. The van der Waals surface area contributed by atoms with Crippen molar-refractivity contribution >= 4 is 17.5 Å². The maximum atomic E-state index is 12.2. The van der Waals surface area contributed by atoms with Gasteiger partial charge < -0.3 is 19.9 Å². The van der Waals surface area contributed by atoms with Crippen molar-refractivity contribution in [1.29, 1.82) is 0 Å². The average molecular weight is 357 g/mol. The van der Waals surface area contributed by atoms with Crippen molar-refractivity contribution < 1.29 is 9.53 Å². The molecule has 0 saturated carbocycles. The molecule has 0 spiro atoms. The number of amides is 1. The summed E-state index contributed by atoms with van der Waals surface area (Å²) in [6.07, 6.45) is 1.34. The molecule has 8 nitrogen and oxygen atoms in total. The number of nitrogens with zero attached hydrogens (tertiary/aromatic N) is 3. The van der Waals surface area contributed by atoms with Crippen LogP contribution in [-0.2, 0) is 0 Å². The lowest BCUT2D eigenvalue weighted by Crippen LogP contribution is -2.47. The van der Waals surface area contributed by atoms with Crippen LogP contribution in [0.3, 0.4) is 0 Å². The first-order chi connectivity index (χ1) is 12.6. The van der Waals surface area contributed by atoms with Crippen molar-refractivity contribution in [2.75, 3.05) is 49.6 Å². The maximum Gasteiger partial charge on any atom is 0.265 e. The molecule has 1 aliphatic rings. The molecule has 1 aliphatic heterocycles. The molecule has 8 heteroatoms. The Morgan fingerprint density at radius 1 is 1.23 bits per heavy atom. The topological polar surface area (TPSA) is 90.6 Å². The van der Waals surface area contributed by atoms with E-state index < -0.39 is 11.5 Å². The van der Waals surface area contributed by atoms with Gasteiger partial charge in [0.05, 0.1) is 12.8 Å². The number of carbonyl (C=O) groups excluding carboxylic acids is 1. The molecule has 0 aliphatic carbocycles. The molecule has 2 N–H and O–H groups in total. The van der Waals surface area contributed by atoms with E-state index in [4.69, 9.17) is 4.74 Å². The lowest BCUT2D eigenvalue weighted by atomic mass is 10.2. The van der Waals surface area contributed by atoms with Crippen molar-refractivity contribution in [3.63, 3.8) is 0 Å². The number of rotatable bonds is 5. The van der Waals surface area contributed by atoms with Gasteiger partial charge in [0.15, 0.2) is 0 Å². The lowest BCUT2D eigenvalue weighted by molar-refractivity contribution is 0.0954. The van der Waals surface area contributed by atoms with Crippen LogP contribution in [0.25, 0.3) is 0 Å². The van der Waals surface area contributed by atoms with Crippen molar-refractivity contribution in [3.8, 4) is 5.75 Å². The zero-order valence-corrected chi connectivity index (χ0v) is 15.0. The molecule has 1 fully saturated rings. The van der Waals surface area contributed by atoms with Crippen LogP contribution < -0.4 is 25.4 Å². The Morgan fingerprint density at radius 2 is 1.92 bits per heavy atom. The van der Waals surface area contributed by atoms with Gasteiger partial charge in [-0.3, -0.25) is 14.6 Å². The predicted molar refractivity (Wildman–Crippen MR) is 100 cm³/mol. The molecule has 26 heavy (non-hydrogen) atoms. The number of H-pyrrole nitrogens is 1. The van der Waals surface area contributed by atoms with Crippen LogP contribution in [-0.4, -0.2) is 55.7 Å². The number of benzene rings is 1. The van der Waals surface area contributed by atoms with Crippen molar-refractivity contribution in [2.24, 2.45) is 0 Å². The predicted octanol–water partition coefficient (Wildman–Crippen LogP) is 0.855. The first-order valence-electron chi connectivity index (χ1n) is 8.64. The SMILES string of the molecule is CCNC(=O)c1cnc(N2CCN(c3ccccc3OC)CC2)[nH]c1=O. The van der Waals surface area contributed by atoms with Crippen LogP contribution in [0.5, 0.6) is 5.75 Å². The maximum absolute atomic E-state index is 12.2. The quantitative estimate of drug-likeness (QED) is 0.825. The highest BCUT2D eigenvalue weighted by Gasteiger charge is 2.21. The Balaban J connectivity index is 1.69. The van der Waals surface area contributed by atoms with E-state index in [9.17, 15) is 9.59 Å². The first kappa shape index (κ1) is 17.8. The number of anilines is 2. The molecule has 1 saturated heterocycles. The fourth-order valence-electron chi connectivity index (χ4n) is 3.01. The number of nitrogens with one attached hydrogen (secondary N) is 2. The normalized spacial score (nSPS) is 14.2. The van der Waals surface area contributed by atoms with Crippen LogP contribution >= 0.6 is 0 Å². The molecule has 0 radical (unpaired) electrons. The van der Waals surface area contributed by atoms with E-state index in [-0.39, 0.29) is 5.56 Å². The fraction of sp³-hybridized carbons (Fsp3) is 0.389. The number of hydrogen-bond donors (Lipinski definition) is 2. The largest absolute Gasteiger partial charge is 0.495 e. The van der Waals surface area contributed by atoms with Crippen LogP contribution in [0, 0.1) is 0 Å². The fourth-order valence-corrected chi connectivity index (χ4v) is 3.01. The highest BCUT2D eigenvalue weighted by Crippen LogP contribution is 2.28. The number of methoxy groups -OCH3 is 1. The second-order valence-corrected chi connectivity index (χ2v) is 5.96. The average Bonchev–Trinajstić information content (AvgIpc) is 2.68. The Bertz CT molecular complexity index is 828. The van der Waals surface area contributed by atoms with Crippen LogP contribution in [0.15, 0.2) is 35.3 Å². The minimum absolute atomic E-state index is 0.0308. The summed E-state index contributed by atoms with van der Waals surface area (Å²) in [5, 5.41) is 2.61. The Hall–Kier alpha value is -3.03. The van der Waals surface area contributed by atoms with Gasteiger partial charge in [0.25, 0.3) is 11.5 Å². The lowest BCUT2D eigenvalue weighted by Gasteiger charge is -2.36. The molecule has 1 amide bonds.